The van der Waals surface area contributed by atoms with Crippen LogP contribution in [0.1, 0.15) is 31.7 Å². The van der Waals surface area contributed by atoms with E-state index in [0.717, 1.165) is 54.6 Å². The lowest BCUT2D eigenvalue weighted by Crippen LogP contribution is -2.41. The number of aryl methyl sites for hydroxylation is 1. The summed E-state index contributed by atoms with van der Waals surface area (Å²) < 4.78 is 5.13. The zero-order chi connectivity index (χ0) is 22.5. The summed E-state index contributed by atoms with van der Waals surface area (Å²) in [5.74, 6) is 1.85. The lowest BCUT2D eigenvalue weighted by molar-refractivity contribution is 0.144. The number of anilines is 1. The van der Waals surface area contributed by atoms with E-state index in [1.807, 2.05) is 26.0 Å². The van der Waals surface area contributed by atoms with E-state index in [9.17, 15) is 9.90 Å². The Morgan fingerprint density at radius 2 is 2.09 bits per heavy atom. The van der Waals surface area contributed by atoms with E-state index in [4.69, 9.17) is 14.7 Å². The van der Waals surface area contributed by atoms with Crippen molar-refractivity contribution in [3.8, 4) is 17.1 Å². The summed E-state index contributed by atoms with van der Waals surface area (Å²) in [6.45, 7) is 6.70. The molecule has 1 atom stereocenters. The first-order valence-electron chi connectivity index (χ1n) is 11.3. The first-order valence-corrected chi connectivity index (χ1v) is 11.3. The van der Waals surface area contributed by atoms with Gasteiger partial charge in [0.2, 0.25) is 0 Å². The molecule has 1 fully saturated rings. The monoisotopic (exact) mass is 434 g/mol. The van der Waals surface area contributed by atoms with E-state index in [2.05, 4.69) is 28.4 Å². The van der Waals surface area contributed by atoms with E-state index in [0.29, 0.717) is 30.5 Å². The molecule has 2 N–H and O–H groups in total. The van der Waals surface area contributed by atoms with Gasteiger partial charge in [-0.15, -0.1) is 0 Å². The van der Waals surface area contributed by atoms with Gasteiger partial charge in [0.15, 0.2) is 5.82 Å². The molecular formula is C25H30N4O3. The van der Waals surface area contributed by atoms with E-state index in [-0.39, 0.29) is 11.8 Å². The second kappa shape index (κ2) is 9.85. The second-order valence-electron chi connectivity index (χ2n) is 8.38. The molecule has 168 valence electrons. The number of phenols is 1. The number of aromatic hydroxyl groups is 1. The van der Waals surface area contributed by atoms with Gasteiger partial charge in [0, 0.05) is 25.0 Å². The number of alkyl carbamates (subject to hydrolysis) is 1. The number of aromatic nitrogens is 2. The zero-order valence-electron chi connectivity index (χ0n) is 18.7. The van der Waals surface area contributed by atoms with Gasteiger partial charge in [0.1, 0.15) is 11.6 Å². The highest BCUT2D eigenvalue weighted by Crippen LogP contribution is 2.33. The van der Waals surface area contributed by atoms with Gasteiger partial charge in [-0.2, -0.15) is 0 Å². The van der Waals surface area contributed by atoms with Crippen LogP contribution in [0.15, 0.2) is 42.5 Å². The molecule has 0 unspecified atom stereocenters. The normalized spacial score (nSPS) is 16.2. The summed E-state index contributed by atoms with van der Waals surface area (Å²) in [5.41, 5.74) is 2.60. The average Bonchev–Trinajstić information content (AvgIpc) is 2.81. The number of nitrogens with zero attached hydrogens (tertiary/aromatic N) is 3. The molecule has 2 heterocycles. The summed E-state index contributed by atoms with van der Waals surface area (Å²) in [7, 11) is 0. The number of hydrogen-bond donors (Lipinski definition) is 2. The summed E-state index contributed by atoms with van der Waals surface area (Å²) in [6.07, 6.45) is 2.51. The summed E-state index contributed by atoms with van der Waals surface area (Å²) in [4.78, 5) is 23.8. The molecule has 2 aromatic carbocycles. The highest BCUT2D eigenvalue weighted by atomic mass is 16.5. The third-order valence-corrected chi connectivity index (χ3v) is 5.77. The number of rotatable bonds is 6. The zero-order valence-corrected chi connectivity index (χ0v) is 18.7. The summed E-state index contributed by atoms with van der Waals surface area (Å²) >= 11 is 0. The van der Waals surface area contributed by atoms with Crippen molar-refractivity contribution >= 4 is 22.8 Å². The Balaban J connectivity index is 1.62. The van der Waals surface area contributed by atoms with Crippen molar-refractivity contribution in [2.75, 3.05) is 31.1 Å². The molecule has 0 radical (unpaired) electrons. The van der Waals surface area contributed by atoms with Gasteiger partial charge in [0.25, 0.3) is 0 Å². The fourth-order valence-electron chi connectivity index (χ4n) is 4.14. The Kier molecular flexibility index (Phi) is 6.73. The maximum Gasteiger partial charge on any atom is 0.407 e. The van der Waals surface area contributed by atoms with Gasteiger partial charge in [0.05, 0.1) is 17.7 Å². The number of amides is 1. The fraction of sp³-hybridized carbons (Fsp3) is 0.400. The number of fused-ring (bicyclic) bond motifs is 1. The lowest BCUT2D eigenvalue weighted by Gasteiger charge is -2.34. The van der Waals surface area contributed by atoms with E-state index < -0.39 is 0 Å². The maximum atomic E-state index is 11.8. The predicted octanol–water partition coefficient (Wildman–Crippen LogP) is 4.66. The molecule has 0 spiro atoms. The third kappa shape index (κ3) is 4.93. The van der Waals surface area contributed by atoms with Crippen LogP contribution in [-0.4, -0.2) is 47.4 Å². The lowest BCUT2D eigenvalue weighted by atomic mass is 9.97. The number of carbonyl (C=O) groups excluding carboxylic acids is 1. The van der Waals surface area contributed by atoms with Crippen molar-refractivity contribution in [1.29, 1.82) is 0 Å². The third-order valence-electron chi connectivity index (χ3n) is 5.77. The minimum Gasteiger partial charge on any atom is -0.507 e. The Labute approximate surface area is 188 Å². The quantitative estimate of drug-likeness (QED) is 0.587. The highest BCUT2D eigenvalue weighted by Gasteiger charge is 2.24. The number of ether oxygens (including phenoxy) is 1. The van der Waals surface area contributed by atoms with Crippen LogP contribution in [0.2, 0.25) is 0 Å². The first kappa shape index (κ1) is 21.9. The van der Waals surface area contributed by atoms with Gasteiger partial charge in [-0.25, -0.2) is 14.8 Å². The molecule has 1 amide bonds. The number of piperidine rings is 1. The Hall–Kier alpha value is -3.35. The number of benzene rings is 2. The van der Waals surface area contributed by atoms with Crippen LogP contribution in [0.3, 0.4) is 0 Å². The van der Waals surface area contributed by atoms with E-state index in [1.165, 1.54) is 0 Å². The average molecular weight is 435 g/mol. The van der Waals surface area contributed by atoms with Gasteiger partial charge >= 0.3 is 6.09 Å². The molecule has 7 heteroatoms. The molecule has 1 aromatic heterocycles. The number of hydrogen-bond acceptors (Lipinski definition) is 6. The number of nitrogens with one attached hydrogen (secondary N) is 1. The van der Waals surface area contributed by atoms with Gasteiger partial charge in [-0.05, 0) is 61.9 Å². The minimum absolute atomic E-state index is 0.164. The molecule has 32 heavy (non-hydrogen) atoms. The number of para-hydroxylation sites is 1. The van der Waals surface area contributed by atoms with Crippen LogP contribution in [-0.2, 0) is 4.74 Å². The molecule has 0 aliphatic carbocycles. The van der Waals surface area contributed by atoms with Crippen molar-refractivity contribution in [3.05, 3.63) is 48.0 Å². The van der Waals surface area contributed by atoms with Crippen LogP contribution >= 0.6 is 0 Å². The SMILES string of the molecule is CCCOC(=O)NC[C@@H]1CCCN(c2nc(-c3ccccc3O)nc3cc(C)ccc23)C1. The molecule has 7 nitrogen and oxygen atoms in total. The smallest absolute Gasteiger partial charge is 0.407 e. The molecule has 1 aliphatic rings. The Morgan fingerprint density at radius 3 is 2.91 bits per heavy atom. The van der Waals surface area contributed by atoms with Gasteiger partial charge in [-0.1, -0.05) is 25.1 Å². The van der Waals surface area contributed by atoms with Crippen LogP contribution < -0.4 is 10.2 Å². The summed E-state index contributed by atoms with van der Waals surface area (Å²) in [5, 5.41) is 14.3. The van der Waals surface area contributed by atoms with Crippen LogP contribution in [0, 0.1) is 12.8 Å². The van der Waals surface area contributed by atoms with Crippen molar-refractivity contribution in [1.82, 2.24) is 15.3 Å². The van der Waals surface area contributed by atoms with Crippen LogP contribution in [0.25, 0.3) is 22.3 Å². The number of carbonyl (C=O) groups is 1. The predicted molar refractivity (Wildman–Crippen MR) is 126 cm³/mol. The van der Waals surface area contributed by atoms with Crippen molar-refractivity contribution in [3.63, 3.8) is 0 Å². The Morgan fingerprint density at radius 1 is 1.25 bits per heavy atom. The Bertz CT molecular complexity index is 1100. The fourth-order valence-corrected chi connectivity index (χ4v) is 4.14. The molecule has 4 rings (SSSR count). The largest absolute Gasteiger partial charge is 0.507 e. The van der Waals surface area contributed by atoms with Crippen molar-refractivity contribution < 1.29 is 14.6 Å². The molecule has 1 aliphatic heterocycles. The molecule has 0 bridgehead atoms. The molecule has 0 saturated carbocycles. The van der Waals surface area contributed by atoms with Gasteiger partial charge < -0.3 is 20.1 Å². The van der Waals surface area contributed by atoms with Crippen LogP contribution in [0.5, 0.6) is 5.75 Å². The molecular weight excluding hydrogens is 404 g/mol. The summed E-state index contributed by atoms with van der Waals surface area (Å²) in [6, 6.07) is 13.3. The number of phenolic OH excluding ortho intramolecular Hbond substituents is 1. The maximum absolute atomic E-state index is 11.8. The first-order chi connectivity index (χ1) is 15.5. The van der Waals surface area contributed by atoms with E-state index in [1.54, 1.807) is 12.1 Å². The van der Waals surface area contributed by atoms with E-state index >= 15 is 0 Å². The molecule has 3 aromatic rings. The molecule has 1 saturated heterocycles. The van der Waals surface area contributed by atoms with Gasteiger partial charge in [-0.3, -0.25) is 0 Å². The van der Waals surface area contributed by atoms with Crippen molar-refractivity contribution in [2.24, 2.45) is 5.92 Å². The van der Waals surface area contributed by atoms with Crippen LogP contribution in [0.4, 0.5) is 10.6 Å². The highest BCUT2D eigenvalue weighted by molar-refractivity contribution is 5.92. The topological polar surface area (TPSA) is 87.6 Å². The minimum atomic E-state index is -0.353. The second-order valence-corrected chi connectivity index (χ2v) is 8.38. The van der Waals surface area contributed by atoms with Crippen molar-refractivity contribution in [2.45, 2.75) is 33.1 Å². The standard InChI is InChI=1S/C25H30N4O3/c1-3-13-32-25(31)26-15-18-7-6-12-29(16-18)24-19-11-10-17(2)14-21(19)27-23(28-24)20-8-4-5-9-22(20)30/h4-5,8-11,14,18,30H,3,6-7,12-13,15-16H2,1-2H3,(H,26,31)/t18-/m0/s1.